The lowest BCUT2D eigenvalue weighted by molar-refractivity contribution is 0.122. The molecule has 5 aromatic rings. The van der Waals surface area contributed by atoms with Crippen LogP contribution in [0.4, 0.5) is 23.0 Å². The summed E-state index contributed by atoms with van der Waals surface area (Å²) in [5.41, 5.74) is 7.06. The van der Waals surface area contributed by atoms with Crippen LogP contribution in [0.2, 0.25) is 0 Å². The van der Waals surface area contributed by atoms with Crippen LogP contribution >= 0.6 is 11.3 Å². The fraction of sp³-hybridized carbons (Fsp3) is 0.361. The van der Waals surface area contributed by atoms with Crippen molar-refractivity contribution in [1.82, 2.24) is 29.4 Å². The van der Waals surface area contributed by atoms with Gasteiger partial charge in [-0.2, -0.15) is 4.98 Å². The third-order valence-electron chi connectivity index (χ3n) is 9.12. The van der Waals surface area contributed by atoms with E-state index in [0.29, 0.717) is 47.5 Å². The van der Waals surface area contributed by atoms with Crippen molar-refractivity contribution in [3.8, 4) is 11.8 Å². The van der Waals surface area contributed by atoms with Crippen molar-refractivity contribution in [2.45, 2.75) is 32.4 Å². The van der Waals surface area contributed by atoms with Crippen LogP contribution in [0.5, 0.6) is 0 Å². The number of anilines is 4. The highest BCUT2D eigenvalue weighted by molar-refractivity contribution is 7.09. The Hall–Kier alpha value is -4.83. The molecule has 0 spiro atoms. The molecule has 0 saturated carbocycles. The molecule has 48 heavy (non-hydrogen) atoms. The number of ether oxygens (including phenoxy) is 1. The second-order valence-electron chi connectivity index (χ2n) is 12.4. The molecular formula is C36H39N9O2S. The zero-order chi connectivity index (χ0) is 33.0. The van der Waals surface area contributed by atoms with Crippen molar-refractivity contribution < 1.29 is 4.74 Å². The highest BCUT2D eigenvalue weighted by atomic mass is 32.1. The molecule has 1 atom stereocenters. The second kappa shape index (κ2) is 14.1. The normalized spacial score (nSPS) is 16.8. The Labute approximate surface area is 284 Å². The molecule has 1 N–H and O–H groups in total. The maximum atomic E-state index is 14.1. The van der Waals surface area contributed by atoms with E-state index in [1.807, 2.05) is 31.3 Å². The number of hydrogen-bond acceptors (Lipinski definition) is 11. The van der Waals surface area contributed by atoms with Crippen LogP contribution in [-0.2, 0) is 11.3 Å². The van der Waals surface area contributed by atoms with Gasteiger partial charge in [0.05, 0.1) is 30.8 Å². The van der Waals surface area contributed by atoms with Gasteiger partial charge in [0.15, 0.2) is 0 Å². The monoisotopic (exact) mass is 661 g/mol. The van der Waals surface area contributed by atoms with Crippen molar-refractivity contribution in [2.75, 3.05) is 68.6 Å². The quantitative estimate of drug-likeness (QED) is 0.251. The molecule has 4 aromatic heterocycles. The summed E-state index contributed by atoms with van der Waals surface area (Å²) in [7, 11) is 4.36. The molecule has 12 heteroatoms. The van der Waals surface area contributed by atoms with Gasteiger partial charge in [0.1, 0.15) is 11.3 Å². The molecule has 1 unspecified atom stereocenters. The zero-order valence-corrected chi connectivity index (χ0v) is 28.3. The van der Waals surface area contributed by atoms with E-state index in [0.717, 1.165) is 48.0 Å². The second-order valence-corrected chi connectivity index (χ2v) is 13.4. The average Bonchev–Trinajstić information content (AvgIpc) is 3.53. The Balaban J connectivity index is 1.22. The van der Waals surface area contributed by atoms with Gasteiger partial charge in [0.2, 0.25) is 5.95 Å². The number of nitrogens with one attached hydrogen (secondary N) is 1. The maximum Gasteiger partial charge on any atom is 0.268 e. The van der Waals surface area contributed by atoms with Crippen LogP contribution in [0.25, 0.3) is 11.0 Å². The number of aryl methyl sites for hydroxylation is 1. The summed E-state index contributed by atoms with van der Waals surface area (Å²) >= 11 is 1.53. The largest absolute Gasteiger partial charge is 0.378 e. The average molecular weight is 662 g/mol. The molecule has 0 amide bonds. The molecule has 0 bridgehead atoms. The number of rotatable bonds is 7. The fourth-order valence-electron chi connectivity index (χ4n) is 6.41. The molecule has 1 aromatic carbocycles. The molecule has 0 radical (unpaired) electrons. The molecule has 7 rings (SSSR count). The molecule has 6 heterocycles. The summed E-state index contributed by atoms with van der Waals surface area (Å²) in [6.45, 7) is 7.32. The number of pyridine rings is 2. The first-order chi connectivity index (χ1) is 23.4. The summed E-state index contributed by atoms with van der Waals surface area (Å²) < 4.78 is 7.27. The molecule has 0 aliphatic carbocycles. The maximum absolute atomic E-state index is 14.1. The predicted octanol–water partition coefficient (Wildman–Crippen LogP) is 4.51. The number of hydrogen-bond donors (Lipinski definition) is 1. The number of benzene rings is 1. The van der Waals surface area contributed by atoms with E-state index in [4.69, 9.17) is 9.72 Å². The number of likely N-dealkylation sites (N-methyl/N-ethyl adjacent to an activating group) is 2. The minimum absolute atomic E-state index is 0.231. The standard InChI is InChI=1S/C36H39N9O2S/c1-25-32(39-24-48-25)11-6-26-19-27-21-38-36(40-29-7-9-30(10-8-29)43(3)31-5-4-14-42(2)23-31)41-34(27)45(35(26)46)22-28-20-37-13-12-33(28)44-15-17-47-18-16-44/h7-10,12-13,19-21,24,31H,4-5,14-18,22-23H2,1-3H3,(H,38,40,41). The molecule has 2 saturated heterocycles. The third kappa shape index (κ3) is 6.89. The van der Waals surface area contributed by atoms with Crippen molar-refractivity contribution in [3.05, 3.63) is 92.6 Å². The van der Waals surface area contributed by atoms with Gasteiger partial charge in [-0.1, -0.05) is 5.92 Å². The first-order valence-corrected chi connectivity index (χ1v) is 17.2. The SMILES string of the molecule is Cc1scnc1C#Cc1cc2cnc(Nc3ccc(N(C)C4CCCN(C)C4)cc3)nc2n(Cc2cnccc2N2CCOCC2)c1=O. The van der Waals surface area contributed by atoms with Crippen LogP contribution in [0, 0.1) is 18.8 Å². The van der Waals surface area contributed by atoms with E-state index < -0.39 is 0 Å². The lowest BCUT2D eigenvalue weighted by Crippen LogP contribution is -2.45. The van der Waals surface area contributed by atoms with E-state index in [1.54, 1.807) is 28.5 Å². The minimum Gasteiger partial charge on any atom is -0.378 e. The molecule has 2 aliphatic rings. The van der Waals surface area contributed by atoms with Gasteiger partial charge < -0.3 is 24.8 Å². The topological polar surface area (TPSA) is 105 Å². The highest BCUT2D eigenvalue weighted by Crippen LogP contribution is 2.26. The van der Waals surface area contributed by atoms with Crippen LogP contribution in [0.1, 0.15) is 34.5 Å². The zero-order valence-electron chi connectivity index (χ0n) is 27.5. The van der Waals surface area contributed by atoms with Crippen LogP contribution < -0.4 is 20.7 Å². The summed E-state index contributed by atoms with van der Waals surface area (Å²) in [5.74, 6) is 6.58. The van der Waals surface area contributed by atoms with Gasteiger partial charge in [-0.05, 0) is 75.7 Å². The third-order valence-corrected chi connectivity index (χ3v) is 9.88. The molecule has 2 aliphatic heterocycles. The summed E-state index contributed by atoms with van der Waals surface area (Å²) in [6, 6.07) is 12.6. The number of piperidine rings is 1. The molecular weight excluding hydrogens is 623 g/mol. The van der Waals surface area contributed by atoms with Crippen molar-refractivity contribution in [3.63, 3.8) is 0 Å². The Kier molecular flexibility index (Phi) is 9.34. The van der Waals surface area contributed by atoms with E-state index >= 15 is 0 Å². The van der Waals surface area contributed by atoms with E-state index in [1.165, 1.54) is 29.9 Å². The summed E-state index contributed by atoms with van der Waals surface area (Å²) in [5, 5.41) is 4.07. The molecule has 246 valence electrons. The van der Waals surface area contributed by atoms with Gasteiger partial charge in [0.25, 0.3) is 5.56 Å². The van der Waals surface area contributed by atoms with Crippen LogP contribution in [0.3, 0.4) is 0 Å². The predicted molar refractivity (Wildman–Crippen MR) is 192 cm³/mol. The first-order valence-electron chi connectivity index (χ1n) is 16.3. The first kappa shape index (κ1) is 31.8. The summed E-state index contributed by atoms with van der Waals surface area (Å²) in [4.78, 5) is 40.5. The van der Waals surface area contributed by atoms with Gasteiger partial charge in [0, 0.05) is 84.2 Å². The van der Waals surface area contributed by atoms with E-state index in [9.17, 15) is 4.79 Å². The number of morpholine rings is 1. The van der Waals surface area contributed by atoms with Gasteiger partial charge in [-0.3, -0.25) is 14.3 Å². The lowest BCUT2D eigenvalue weighted by Gasteiger charge is -2.37. The van der Waals surface area contributed by atoms with Crippen molar-refractivity contribution in [2.24, 2.45) is 0 Å². The van der Waals surface area contributed by atoms with E-state index in [-0.39, 0.29) is 12.1 Å². The van der Waals surface area contributed by atoms with Crippen molar-refractivity contribution in [1.29, 1.82) is 0 Å². The smallest absolute Gasteiger partial charge is 0.268 e. The number of thiazole rings is 1. The highest BCUT2D eigenvalue weighted by Gasteiger charge is 2.22. The number of aromatic nitrogens is 5. The van der Waals surface area contributed by atoms with Gasteiger partial charge >= 0.3 is 0 Å². The number of nitrogens with zero attached hydrogens (tertiary/aromatic N) is 8. The lowest BCUT2D eigenvalue weighted by atomic mass is 10.0. The van der Waals surface area contributed by atoms with Crippen LogP contribution in [0.15, 0.2) is 65.3 Å². The number of fused-ring (bicyclic) bond motifs is 1. The Morgan fingerprint density at radius 2 is 1.92 bits per heavy atom. The Morgan fingerprint density at radius 3 is 2.69 bits per heavy atom. The van der Waals surface area contributed by atoms with Crippen molar-refractivity contribution >= 4 is 45.4 Å². The number of likely N-dealkylation sites (tertiary alicyclic amines) is 1. The molecule has 2 fully saturated rings. The van der Waals surface area contributed by atoms with Gasteiger partial charge in [-0.25, -0.2) is 9.97 Å². The summed E-state index contributed by atoms with van der Waals surface area (Å²) in [6.07, 6.45) is 7.76. The fourth-order valence-corrected chi connectivity index (χ4v) is 6.94. The van der Waals surface area contributed by atoms with E-state index in [2.05, 4.69) is 73.0 Å². The Morgan fingerprint density at radius 1 is 1.08 bits per heavy atom. The van der Waals surface area contributed by atoms with Crippen LogP contribution in [-0.4, -0.2) is 88.9 Å². The minimum atomic E-state index is -0.231. The molecule has 11 nitrogen and oxygen atoms in total. The van der Waals surface area contributed by atoms with Gasteiger partial charge in [-0.15, -0.1) is 11.3 Å². The Bertz CT molecular complexity index is 2030.